The van der Waals surface area contributed by atoms with Gasteiger partial charge in [0.1, 0.15) is 11.5 Å². The van der Waals surface area contributed by atoms with Crippen LogP contribution in [-0.2, 0) is 9.47 Å². The first kappa shape index (κ1) is 30.2. The second-order valence-corrected chi connectivity index (χ2v) is 10.8. The van der Waals surface area contributed by atoms with E-state index in [-0.39, 0.29) is 12.3 Å². The molecule has 1 aliphatic rings. The number of carbonyl (C=O) groups is 1. The number of esters is 1. The van der Waals surface area contributed by atoms with E-state index in [9.17, 15) is 4.79 Å². The quantitative estimate of drug-likeness (QED) is 0.117. The van der Waals surface area contributed by atoms with Crippen molar-refractivity contribution in [2.45, 2.75) is 97.7 Å². The smallest absolute Gasteiger partial charge is 0.343 e. The lowest BCUT2D eigenvalue weighted by atomic mass is 9.94. The summed E-state index contributed by atoms with van der Waals surface area (Å²) < 4.78 is 23.3. The monoisotopic (exact) mass is 524 g/mol. The van der Waals surface area contributed by atoms with E-state index in [1.165, 1.54) is 57.8 Å². The Morgan fingerprint density at radius 3 is 2.00 bits per heavy atom. The predicted molar refractivity (Wildman–Crippen MR) is 153 cm³/mol. The average Bonchev–Trinajstić information content (AvgIpc) is 2.95. The fraction of sp³-hybridized carbons (Fsp3) is 0.606. The maximum atomic E-state index is 12.6. The van der Waals surface area contributed by atoms with Crippen molar-refractivity contribution in [2.24, 2.45) is 11.8 Å². The van der Waals surface area contributed by atoms with Crippen molar-refractivity contribution < 1.29 is 23.7 Å². The Morgan fingerprint density at radius 2 is 1.39 bits per heavy atom. The van der Waals surface area contributed by atoms with Crippen LogP contribution in [0.15, 0.2) is 48.5 Å². The number of hydrogen-bond donors (Lipinski definition) is 0. The molecule has 2 aromatic carbocycles. The second-order valence-electron chi connectivity index (χ2n) is 10.8. The maximum Gasteiger partial charge on any atom is 0.343 e. The molecule has 0 bridgehead atoms. The van der Waals surface area contributed by atoms with Crippen molar-refractivity contribution in [3.63, 3.8) is 0 Å². The van der Waals surface area contributed by atoms with Crippen LogP contribution in [0.25, 0.3) is 0 Å². The second kappa shape index (κ2) is 17.3. The van der Waals surface area contributed by atoms with Crippen LogP contribution in [0.1, 0.15) is 114 Å². The average molecular weight is 525 g/mol. The van der Waals surface area contributed by atoms with Crippen LogP contribution < -0.4 is 9.47 Å². The highest BCUT2D eigenvalue weighted by Crippen LogP contribution is 2.29. The standard InChI is InChI=1S/C33H48O5/c1-4-6-7-8-9-10-11-12-13-22-35-30-18-20-31(21-19-30)38-32(34)28-14-16-29(17-15-28)33-36-24-27(25-37-33)23-26(3)5-2/h14-21,26-27,33H,4-13,22-25H2,1-3H3. The van der Waals surface area contributed by atoms with Gasteiger partial charge < -0.3 is 18.9 Å². The summed E-state index contributed by atoms with van der Waals surface area (Å²) in [5, 5.41) is 0. The van der Waals surface area contributed by atoms with Gasteiger partial charge in [-0.05, 0) is 55.2 Å². The Morgan fingerprint density at radius 1 is 0.816 bits per heavy atom. The van der Waals surface area contributed by atoms with Crippen LogP contribution in [0.5, 0.6) is 11.5 Å². The molecule has 0 saturated carbocycles. The fourth-order valence-corrected chi connectivity index (χ4v) is 4.76. The first-order valence-electron chi connectivity index (χ1n) is 14.9. The lowest BCUT2D eigenvalue weighted by Gasteiger charge is -2.30. The molecule has 5 heteroatoms. The van der Waals surface area contributed by atoms with Crippen molar-refractivity contribution in [1.29, 1.82) is 0 Å². The summed E-state index contributed by atoms with van der Waals surface area (Å²) in [4.78, 5) is 12.6. The molecule has 210 valence electrons. The topological polar surface area (TPSA) is 54.0 Å². The summed E-state index contributed by atoms with van der Waals surface area (Å²) in [7, 11) is 0. The highest BCUT2D eigenvalue weighted by molar-refractivity contribution is 5.91. The van der Waals surface area contributed by atoms with Gasteiger partial charge in [-0.2, -0.15) is 0 Å². The van der Waals surface area contributed by atoms with Crippen LogP contribution in [0.4, 0.5) is 0 Å². The number of carbonyl (C=O) groups excluding carboxylic acids is 1. The predicted octanol–water partition coefficient (Wildman–Crippen LogP) is 8.91. The van der Waals surface area contributed by atoms with Gasteiger partial charge in [0.2, 0.25) is 0 Å². The van der Waals surface area contributed by atoms with Crippen LogP contribution in [0.2, 0.25) is 0 Å². The Kier molecular flexibility index (Phi) is 13.7. The van der Waals surface area contributed by atoms with Crippen LogP contribution in [0, 0.1) is 11.8 Å². The maximum absolute atomic E-state index is 12.6. The third-order valence-electron chi connectivity index (χ3n) is 7.37. The number of ether oxygens (including phenoxy) is 4. The van der Waals surface area contributed by atoms with E-state index in [2.05, 4.69) is 20.8 Å². The molecule has 1 heterocycles. The van der Waals surface area contributed by atoms with E-state index in [1.807, 2.05) is 24.3 Å². The summed E-state index contributed by atoms with van der Waals surface area (Å²) in [5.74, 6) is 2.04. The minimum absolute atomic E-state index is 0.378. The van der Waals surface area contributed by atoms with E-state index in [0.29, 0.717) is 43.0 Å². The summed E-state index contributed by atoms with van der Waals surface area (Å²) in [5.41, 5.74) is 1.40. The number of unbranched alkanes of at least 4 members (excludes halogenated alkanes) is 8. The van der Waals surface area contributed by atoms with Crippen LogP contribution in [0.3, 0.4) is 0 Å². The summed E-state index contributed by atoms with van der Waals surface area (Å²) >= 11 is 0. The number of rotatable bonds is 17. The Bertz CT molecular complexity index is 900. The molecule has 38 heavy (non-hydrogen) atoms. The summed E-state index contributed by atoms with van der Waals surface area (Å²) in [6.07, 6.45) is 13.6. The van der Waals surface area contributed by atoms with Gasteiger partial charge in [-0.1, -0.05) is 90.7 Å². The molecule has 5 nitrogen and oxygen atoms in total. The zero-order chi connectivity index (χ0) is 27.0. The molecule has 1 fully saturated rings. The molecule has 0 aromatic heterocycles. The first-order chi connectivity index (χ1) is 18.6. The van der Waals surface area contributed by atoms with E-state index < -0.39 is 0 Å². The zero-order valence-electron chi connectivity index (χ0n) is 23.8. The van der Waals surface area contributed by atoms with Gasteiger partial charge in [0.25, 0.3) is 0 Å². The fourth-order valence-electron chi connectivity index (χ4n) is 4.76. The third kappa shape index (κ3) is 10.8. The first-order valence-corrected chi connectivity index (χ1v) is 14.9. The number of benzene rings is 2. The van der Waals surface area contributed by atoms with Crippen molar-refractivity contribution in [3.05, 3.63) is 59.7 Å². The van der Waals surface area contributed by atoms with E-state index in [0.717, 1.165) is 24.2 Å². The molecule has 0 spiro atoms. The molecule has 0 aliphatic carbocycles. The molecule has 0 amide bonds. The van der Waals surface area contributed by atoms with Gasteiger partial charge in [0.05, 0.1) is 25.4 Å². The van der Waals surface area contributed by atoms with Gasteiger partial charge >= 0.3 is 5.97 Å². The minimum atomic E-state index is -0.390. The molecule has 1 atom stereocenters. The SMILES string of the molecule is CCCCCCCCCCCOc1ccc(OC(=O)c2ccc(C3OCC(CC(C)CC)CO3)cc2)cc1. The van der Waals surface area contributed by atoms with Gasteiger partial charge in [-0.25, -0.2) is 4.79 Å². The highest BCUT2D eigenvalue weighted by Gasteiger charge is 2.24. The van der Waals surface area contributed by atoms with Crippen molar-refractivity contribution in [2.75, 3.05) is 19.8 Å². The number of hydrogen-bond acceptors (Lipinski definition) is 5. The lowest BCUT2D eigenvalue weighted by molar-refractivity contribution is -0.207. The normalized spacial score (nSPS) is 18.2. The van der Waals surface area contributed by atoms with E-state index in [4.69, 9.17) is 18.9 Å². The summed E-state index contributed by atoms with van der Waals surface area (Å²) in [6.45, 7) is 8.87. The van der Waals surface area contributed by atoms with Gasteiger partial charge in [-0.3, -0.25) is 0 Å². The van der Waals surface area contributed by atoms with E-state index in [1.54, 1.807) is 24.3 Å². The van der Waals surface area contributed by atoms with Crippen LogP contribution in [-0.4, -0.2) is 25.8 Å². The van der Waals surface area contributed by atoms with Gasteiger partial charge in [-0.15, -0.1) is 0 Å². The molecule has 1 aliphatic heterocycles. The Hall–Kier alpha value is -2.37. The molecular formula is C33H48O5. The van der Waals surface area contributed by atoms with Gasteiger partial charge in [0, 0.05) is 11.5 Å². The largest absolute Gasteiger partial charge is 0.494 e. The molecule has 3 rings (SSSR count). The minimum Gasteiger partial charge on any atom is -0.494 e. The third-order valence-corrected chi connectivity index (χ3v) is 7.37. The molecule has 0 radical (unpaired) electrons. The molecule has 0 N–H and O–H groups in total. The van der Waals surface area contributed by atoms with Crippen molar-refractivity contribution in [3.8, 4) is 11.5 Å². The molecule has 1 saturated heterocycles. The molecule has 2 aromatic rings. The summed E-state index contributed by atoms with van der Waals surface area (Å²) in [6, 6.07) is 14.5. The van der Waals surface area contributed by atoms with Gasteiger partial charge in [0.15, 0.2) is 6.29 Å². The Labute approximate surface area is 230 Å². The molecule has 1 unspecified atom stereocenters. The van der Waals surface area contributed by atoms with Crippen molar-refractivity contribution >= 4 is 5.97 Å². The highest BCUT2D eigenvalue weighted by atomic mass is 16.7. The van der Waals surface area contributed by atoms with Crippen molar-refractivity contribution in [1.82, 2.24) is 0 Å². The van der Waals surface area contributed by atoms with Crippen LogP contribution >= 0.6 is 0 Å². The Balaban J connectivity index is 1.33. The molecular weight excluding hydrogens is 476 g/mol. The lowest BCUT2D eigenvalue weighted by Crippen LogP contribution is -2.28. The van der Waals surface area contributed by atoms with E-state index >= 15 is 0 Å². The zero-order valence-corrected chi connectivity index (χ0v) is 23.8.